The van der Waals surface area contributed by atoms with Gasteiger partial charge in [-0.15, -0.1) is 0 Å². The maximum atomic E-state index is 12.5. The molecule has 0 spiro atoms. The molecule has 27 heavy (non-hydrogen) atoms. The Hall–Kier alpha value is -2.34. The predicted molar refractivity (Wildman–Crippen MR) is 105 cm³/mol. The van der Waals surface area contributed by atoms with Crippen molar-refractivity contribution in [2.45, 2.75) is 24.0 Å². The van der Waals surface area contributed by atoms with Crippen LogP contribution in [0.4, 0.5) is 0 Å². The average molecular weight is 405 g/mol. The summed E-state index contributed by atoms with van der Waals surface area (Å²) >= 11 is 1.51. The van der Waals surface area contributed by atoms with Gasteiger partial charge in [0.2, 0.25) is 10.0 Å². The summed E-state index contributed by atoms with van der Waals surface area (Å²) in [6, 6.07) is 15.6. The lowest BCUT2D eigenvalue weighted by Crippen LogP contribution is -2.42. The van der Waals surface area contributed by atoms with E-state index in [1.54, 1.807) is 42.5 Å². The van der Waals surface area contributed by atoms with Crippen molar-refractivity contribution in [2.75, 3.05) is 12.0 Å². The van der Waals surface area contributed by atoms with Crippen LogP contribution in [-0.2, 0) is 26.2 Å². The fourth-order valence-corrected chi connectivity index (χ4v) is 3.96. The first-order valence-electron chi connectivity index (χ1n) is 8.18. The first kappa shape index (κ1) is 21.0. The van der Waals surface area contributed by atoms with Crippen molar-refractivity contribution in [2.24, 2.45) is 0 Å². The van der Waals surface area contributed by atoms with E-state index in [1.165, 1.54) is 23.9 Å². The van der Waals surface area contributed by atoms with Crippen LogP contribution < -0.4 is 4.72 Å². The lowest BCUT2D eigenvalue weighted by Gasteiger charge is -2.17. The highest BCUT2D eigenvalue weighted by Crippen LogP contribution is 2.12. The Labute approximate surface area is 163 Å². The normalized spacial score (nSPS) is 12.1. The van der Waals surface area contributed by atoms with Crippen LogP contribution in [-0.4, -0.2) is 32.4 Å². The van der Waals surface area contributed by atoms with Crippen molar-refractivity contribution in [1.29, 1.82) is 5.26 Å². The first-order chi connectivity index (χ1) is 13.0. The zero-order valence-electron chi connectivity index (χ0n) is 14.8. The average Bonchev–Trinajstić information content (AvgIpc) is 2.70. The minimum atomic E-state index is -3.82. The van der Waals surface area contributed by atoms with Gasteiger partial charge in [-0.2, -0.15) is 21.7 Å². The van der Waals surface area contributed by atoms with Crippen LogP contribution in [0.5, 0.6) is 0 Å². The van der Waals surface area contributed by atoms with Gasteiger partial charge in [0.1, 0.15) is 12.6 Å². The lowest BCUT2D eigenvalue weighted by atomic mass is 10.1. The van der Waals surface area contributed by atoms with E-state index in [4.69, 9.17) is 10.00 Å². The van der Waals surface area contributed by atoms with Crippen LogP contribution in [0, 0.1) is 11.3 Å². The molecular formula is C19H20N2O4S2. The number of carbonyl (C=O) groups excluding carboxylic acids is 1. The number of thioether (sulfide) groups is 1. The molecule has 0 amide bonds. The van der Waals surface area contributed by atoms with Crippen LogP contribution in [0.25, 0.3) is 0 Å². The van der Waals surface area contributed by atoms with Crippen molar-refractivity contribution < 1.29 is 17.9 Å². The van der Waals surface area contributed by atoms with Crippen molar-refractivity contribution in [1.82, 2.24) is 4.72 Å². The molecule has 0 aliphatic rings. The third kappa shape index (κ3) is 6.40. The van der Waals surface area contributed by atoms with Crippen molar-refractivity contribution in [3.63, 3.8) is 0 Å². The van der Waals surface area contributed by atoms with Crippen LogP contribution in [0.2, 0.25) is 0 Å². The fraction of sp³-hybridized carbons (Fsp3) is 0.263. The van der Waals surface area contributed by atoms with E-state index in [2.05, 4.69) is 4.72 Å². The monoisotopic (exact) mass is 404 g/mol. The van der Waals surface area contributed by atoms with Gasteiger partial charge in [0.25, 0.3) is 0 Å². The molecule has 2 rings (SSSR count). The number of hydrogen-bond acceptors (Lipinski definition) is 6. The third-order valence-electron chi connectivity index (χ3n) is 3.71. The Balaban J connectivity index is 2.05. The number of rotatable bonds is 9. The topological polar surface area (TPSA) is 96.3 Å². The molecule has 0 fully saturated rings. The standard InChI is InChI=1S/C19H20N2O4S2/c1-26-12-11-18(21-27(23,24)17-5-3-2-4-6-17)19(22)25-14-16-9-7-15(13-20)8-10-16/h2-10,18,21H,11-12,14H2,1H3. The maximum absolute atomic E-state index is 12.5. The van der Waals surface area contributed by atoms with E-state index in [9.17, 15) is 13.2 Å². The number of carbonyl (C=O) groups is 1. The van der Waals surface area contributed by atoms with Gasteiger partial charge in [0.15, 0.2) is 0 Å². The zero-order chi connectivity index (χ0) is 19.7. The van der Waals surface area contributed by atoms with E-state index in [1.807, 2.05) is 12.3 Å². The molecule has 142 valence electrons. The van der Waals surface area contributed by atoms with Crippen LogP contribution in [0.15, 0.2) is 59.5 Å². The highest BCUT2D eigenvalue weighted by Gasteiger charge is 2.26. The Bertz CT molecular complexity index is 892. The molecular weight excluding hydrogens is 384 g/mol. The van der Waals surface area contributed by atoms with Gasteiger partial charge in [-0.25, -0.2) is 8.42 Å². The van der Waals surface area contributed by atoms with Gasteiger partial charge in [-0.05, 0) is 48.3 Å². The number of nitrogens with one attached hydrogen (secondary N) is 1. The molecule has 0 bridgehead atoms. The zero-order valence-corrected chi connectivity index (χ0v) is 16.4. The summed E-state index contributed by atoms with van der Waals surface area (Å²) in [6.07, 6.45) is 2.20. The van der Waals surface area contributed by atoms with E-state index in [-0.39, 0.29) is 11.5 Å². The number of nitrogens with zero attached hydrogens (tertiary/aromatic N) is 1. The molecule has 0 heterocycles. The molecule has 2 aromatic rings. The van der Waals surface area contributed by atoms with E-state index < -0.39 is 22.0 Å². The summed E-state index contributed by atoms with van der Waals surface area (Å²) in [6.45, 7) is 0.00732. The highest BCUT2D eigenvalue weighted by molar-refractivity contribution is 7.98. The largest absolute Gasteiger partial charge is 0.460 e. The van der Waals surface area contributed by atoms with Crippen molar-refractivity contribution in [3.8, 4) is 6.07 Å². The van der Waals surface area contributed by atoms with Gasteiger partial charge >= 0.3 is 5.97 Å². The van der Waals surface area contributed by atoms with E-state index >= 15 is 0 Å². The molecule has 1 N–H and O–H groups in total. The molecule has 1 unspecified atom stereocenters. The van der Waals surface area contributed by atoms with E-state index in [0.29, 0.717) is 17.7 Å². The van der Waals surface area contributed by atoms with Gasteiger partial charge in [0.05, 0.1) is 16.5 Å². The number of ether oxygens (including phenoxy) is 1. The number of hydrogen-bond donors (Lipinski definition) is 1. The summed E-state index contributed by atoms with van der Waals surface area (Å²) in [7, 11) is -3.82. The van der Waals surface area contributed by atoms with Gasteiger partial charge < -0.3 is 4.74 Å². The molecule has 8 heteroatoms. The lowest BCUT2D eigenvalue weighted by molar-refractivity contribution is -0.147. The molecule has 6 nitrogen and oxygen atoms in total. The summed E-state index contributed by atoms with van der Waals surface area (Å²) < 4.78 is 32.7. The van der Waals surface area contributed by atoms with Crippen LogP contribution >= 0.6 is 11.8 Å². The molecule has 0 saturated carbocycles. The Morgan fingerprint density at radius 1 is 1.19 bits per heavy atom. The van der Waals surface area contributed by atoms with Crippen molar-refractivity contribution in [3.05, 3.63) is 65.7 Å². The smallest absolute Gasteiger partial charge is 0.324 e. The first-order valence-corrected chi connectivity index (χ1v) is 11.1. The SMILES string of the molecule is CSCCC(NS(=O)(=O)c1ccccc1)C(=O)OCc1ccc(C#N)cc1. The Morgan fingerprint density at radius 2 is 1.85 bits per heavy atom. The summed E-state index contributed by atoms with van der Waals surface area (Å²) in [5, 5.41) is 8.80. The minimum absolute atomic E-state index is 0.00732. The molecule has 0 aliphatic heterocycles. The van der Waals surface area contributed by atoms with Crippen LogP contribution in [0.1, 0.15) is 17.5 Å². The number of sulfonamides is 1. The van der Waals surface area contributed by atoms with Crippen LogP contribution in [0.3, 0.4) is 0 Å². The quantitative estimate of drug-likeness (QED) is 0.646. The fourth-order valence-electron chi connectivity index (χ4n) is 2.25. The molecule has 1 atom stereocenters. The van der Waals surface area contributed by atoms with Crippen molar-refractivity contribution >= 4 is 27.8 Å². The third-order valence-corrected chi connectivity index (χ3v) is 5.84. The van der Waals surface area contributed by atoms with E-state index in [0.717, 1.165) is 5.56 Å². The minimum Gasteiger partial charge on any atom is -0.460 e. The molecule has 2 aromatic carbocycles. The highest BCUT2D eigenvalue weighted by atomic mass is 32.2. The molecule has 0 radical (unpaired) electrons. The second kappa shape index (κ2) is 10.1. The van der Waals surface area contributed by atoms with Gasteiger partial charge in [-0.3, -0.25) is 4.79 Å². The number of esters is 1. The van der Waals surface area contributed by atoms with Gasteiger partial charge in [-0.1, -0.05) is 30.3 Å². The Kier molecular flexibility index (Phi) is 7.85. The molecule has 0 saturated heterocycles. The molecule has 0 aliphatic carbocycles. The summed E-state index contributed by atoms with van der Waals surface area (Å²) in [4.78, 5) is 12.5. The number of benzene rings is 2. The summed E-state index contributed by atoms with van der Waals surface area (Å²) in [5.74, 6) is -0.0265. The second-order valence-electron chi connectivity index (χ2n) is 5.68. The second-order valence-corrected chi connectivity index (χ2v) is 8.38. The molecule has 0 aromatic heterocycles. The van der Waals surface area contributed by atoms with Gasteiger partial charge in [0, 0.05) is 0 Å². The maximum Gasteiger partial charge on any atom is 0.324 e. The summed E-state index contributed by atoms with van der Waals surface area (Å²) in [5.41, 5.74) is 1.23. The number of nitriles is 1. The predicted octanol–water partition coefficient (Wildman–Crippen LogP) is 2.70. The Morgan fingerprint density at radius 3 is 2.44 bits per heavy atom.